The summed E-state index contributed by atoms with van der Waals surface area (Å²) in [5.41, 5.74) is -1.34. The summed E-state index contributed by atoms with van der Waals surface area (Å²) >= 11 is 0. The molecular weight excluding hydrogens is 256 g/mol. The molecule has 5 nitrogen and oxygen atoms in total. The molecule has 1 heterocycles. The summed E-state index contributed by atoms with van der Waals surface area (Å²) in [5, 5.41) is 16.4. The number of piperidine rings is 1. The molecule has 20 heavy (non-hydrogen) atoms. The molecule has 1 saturated heterocycles. The highest BCUT2D eigenvalue weighted by Crippen LogP contribution is 2.32. The van der Waals surface area contributed by atoms with Crippen molar-refractivity contribution in [2.24, 2.45) is 11.3 Å². The summed E-state index contributed by atoms with van der Waals surface area (Å²) in [6, 6.07) is 0. The lowest BCUT2D eigenvalue weighted by Crippen LogP contribution is -2.50. The lowest BCUT2D eigenvalue weighted by molar-refractivity contribution is -0.133. The summed E-state index contributed by atoms with van der Waals surface area (Å²) in [6.07, 6.45) is 2.70. The van der Waals surface area contributed by atoms with Crippen LogP contribution in [0.25, 0.3) is 0 Å². The molecule has 2 unspecified atom stereocenters. The summed E-state index contributed by atoms with van der Waals surface area (Å²) in [5.74, 6) is 0.365. The summed E-state index contributed by atoms with van der Waals surface area (Å²) in [4.78, 5) is 12.4. The molecule has 1 aliphatic heterocycles. The third-order valence-electron chi connectivity index (χ3n) is 4.38. The molecule has 0 radical (unpaired) electrons. The first-order valence-corrected chi connectivity index (χ1v) is 7.50. The van der Waals surface area contributed by atoms with Crippen LogP contribution in [0.3, 0.4) is 0 Å². The molecule has 2 atom stereocenters. The molecule has 1 amide bonds. The van der Waals surface area contributed by atoms with Gasteiger partial charge in [0, 0.05) is 32.1 Å². The Morgan fingerprint density at radius 2 is 2.15 bits per heavy atom. The second kappa shape index (κ2) is 7.38. The predicted octanol–water partition coefficient (Wildman–Crippen LogP) is 0.916. The van der Waals surface area contributed by atoms with Crippen LogP contribution in [-0.4, -0.2) is 50.0 Å². The highest BCUT2D eigenvalue weighted by Gasteiger charge is 2.37. The van der Waals surface area contributed by atoms with Gasteiger partial charge < -0.3 is 20.5 Å². The largest absolute Gasteiger partial charge is 0.388 e. The van der Waals surface area contributed by atoms with E-state index in [1.165, 1.54) is 0 Å². The molecule has 0 aliphatic carbocycles. The van der Waals surface area contributed by atoms with Crippen molar-refractivity contribution in [1.29, 1.82) is 0 Å². The number of hydrogen-bond acceptors (Lipinski definition) is 4. The van der Waals surface area contributed by atoms with Crippen molar-refractivity contribution in [1.82, 2.24) is 10.6 Å². The lowest BCUT2D eigenvalue weighted by atomic mass is 9.74. The predicted molar refractivity (Wildman–Crippen MR) is 79.5 cm³/mol. The molecule has 0 bridgehead atoms. The van der Waals surface area contributed by atoms with Gasteiger partial charge in [-0.05, 0) is 38.8 Å². The molecule has 1 rings (SSSR count). The van der Waals surface area contributed by atoms with Crippen molar-refractivity contribution in [3.05, 3.63) is 0 Å². The van der Waals surface area contributed by atoms with Crippen LogP contribution in [0, 0.1) is 11.3 Å². The minimum Gasteiger partial charge on any atom is -0.388 e. The molecule has 0 aromatic carbocycles. The van der Waals surface area contributed by atoms with Crippen molar-refractivity contribution in [3.8, 4) is 0 Å². The Balaban J connectivity index is 2.47. The molecule has 0 aromatic rings. The molecule has 1 fully saturated rings. The first-order chi connectivity index (χ1) is 9.29. The van der Waals surface area contributed by atoms with E-state index in [1.54, 1.807) is 14.0 Å². The standard InChI is InChI=1S/C15H30N2O3/c1-14(2,12-6-5-8-16-10-12)13(18)17-11-15(3,19)7-9-20-4/h12,16,19H,5-11H2,1-4H3,(H,17,18). The Kier molecular flexibility index (Phi) is 6.43. The third-order valence-corrected chi connectivity index (χ3v) is 4.38. The first-order valence-electron chi connectivity index (χ1n) is 7.50. The van der Waals surface area contributed by atoms with E-state index in [2.05, 4.69) is 10.6 Å². The van der Waals surface area contributed by atoms with E-state index in [9.17, 15) is 9.90 Å². The topological polar surface area (TPSA) is 70.6 Å². The van der Waals surface area contributed by atoms with Gasteiger partial charge in [0.25, 0.3) is 0 Å². The highest BCUT2D eigenvalue weighted by molar-refractivity contribution is 5.82. The van der Waals surface area contributed by atoms with Gasteiger partial charge in [-0.15, -0.1) is 0 Å². The van der Waals surface area contributed by atoms with E-state index in [0.717, 1.165) is 25.9 Å². The Hall–Kier alpha value is -0.650. The van der Waals surface area contributed by atoms with Gasteiger partial charge in [-0.25, -0.2) is 0 Å². The van der Waals surface area contributed by atoms with Gasteiger partial charge in [-0.2, -0.15) is 0 Å². The number of nitrogens with one attached hydrogen (secondary N) is 2. The van der Waals surface area contributed by atoms with Gasteiger partial charge in [-0.1, -0.05) is 13.8 Å². The van der Waals surface area contributed by atoms with E-state index in [4.69, 9.17) is 4.74 Å². The van der Waals surface area contributed by atoms with Gasteiger partial charge in [0.2, 0.25) is 5.91 Å². The van der Waals surface area contributed by atoms with E-state index in [0.29, 0.717) is 18.9 Å². The van der Waals surface area contributed by atoms with Gasteiger partial charge >= 0.3 is 0 Å². The molecule has 3 N–H and O–H groups in total. The maximum atomic E-state index is 12.4. The fraction of sp³-hybridized carbons (Fsp3) is 0.933. The zero-order valence-corrected chi connectivity index (χ0v) is 13.3. The SMILES string of the molecule is COCCC(C)(O)CNC(=O)C(C)(C)C1CCCNC1. The van der Waals surface area contributed by atoms with Gasteiger partial charge in [0.1, 0.15) is 0 Å². The number of amides is 1. The van der Waals surface area contributed by atoms with E-state index in [1.807, 2.05) is 13.8 Å². The quantitative estimate of drug-likeness (QED) is 0.651. The van der Waals surface area contributed by atoms with Gasteiger partial charge in [0.05, 0.1) is 5.60 Å². The smallest absolute Gasteiger partial charge is 0.226 e. The lowest BCUT2D eigenvalue weighted by Gasteiger charge is -2.36. The van der Waals surface area contributed by atoms with Crippen LogP contribution >= 0.6 is 0 Å². The first kappa shape index (κ1) is 17.4. The Morgan fingerprint density at radius 3 is 2.70 bits per heavy atom. The number of rotatable bonds is 7. The Morgan fingerprint density at radius 1 is 1.45 bits per heavy atom. The Labute approximate surface area is 122 Å². The summed E-state index contributed by atoms with van der Waals surface area (Å²) < 4.78 is 4.97. The van der Waals surface area contributed by atoms with Crippen molar-refractivity contribution in [2.75, 3.05) is 33.4 Å². The molecule has 0 saturated carbocycles. The van der Waals surface area contributed by atoms with Crippen LogP contribution in [-0.2, 0) is 9.53 Å². The van der Waals surface area contributed by atoms with Crippen LogP contribution in [0.2, 0.25) is 0 Å². The number of methoxy groups -OCH3 is 1. The van der Waals surface area contributed by atoms with Crippen LogP contribution in [0.5, 0.6) is 0 Å². The second-order valence-electron chi connectivity index (χ2n) is 6.69. The van der Waals surface area contributed by atoms with Crippen molar-refractivity contribution in [3.63, 3.8) is 0 Å². The van der Waals surface area contributed by atoms with Crippen LogP contribution in [0.15, 0.2) is 0 Å². The monoisotopic (exact) mass is 286 g/mol. The zero-order valence-electron chi connectivity index (χ0n) is 13.3. The van der Waals surface area contributed by atoms with Crippen LogP contribution in [0.1, 0.15) is 40.0 Å². The summed E-state index contributed by atoms with van der Waals surface area (Å²) in [7, 11) is 1.61. The van der Waals surface area contributed by atoms with E-state index < -0.39 is 11.0 Å². The number of carbonyl (C=O) groups excluding carboxylic acids is 1. The van der Waals surface area contributed by atoms with Crippen molar-refractivity contribution < 1.29 is 14.6 Å². The van der Waals surface area contributed by atoms with E-state index in [-0.39, 0.29) is 12.5 Å². The minimum atomic E-state index is -0.924. The zero-order chi connectivity index (χ0) is 15.2. The van der Waals surface area contributed by atoms with Crippen LogP contribution < -0.4 is 10.6 Å². The number of hydrogen-bond donors (Lipinski definition) is 3. The average Bonchev–Trinajstić information content (AvgIpc) is 2.43. The van der Waals surface area contributed by atoms with Crippen molar-refractivity contribution in [2.45, 2.75) is 45.6 Å². The molecule has 5 heteroatoms. The minimum absolute atomic E-state index is 0.0175. The maximum Gasteiger partial charge on any atom is 0.226 e. The van der Waals surface area contributed by atoms with Gasteiger partial charge in [0.15, 0.2) is 0 Å². The highest BCUT2D eigenvalue weighted by atomic mass is 16.5. The van der Waals surface area contributed by atoms with Crippen LogP contribution in [0.4, 0.5) is 0 Å². The van der Waals surface area contributed by atoms with E-state index >= 15 is 0 Å². The normalized spacial score (nSPS) is 23.1. The molecule has 0 spiro atoms. The fourth-order valence-electron chi connectivity index (χ4n) is 2.56. The molecule has 118 valence electrons. The second-order valence-corrected chi connectivity index (χ2v) is 6.69. The number of ether oxygens (including phenoxy) is 1. The van der Waals surface area contributed by atoms with Crippen molar-refractivity contribution >= 4 is 5.91 Å². The average molecular weight is 286 g/mol. The molecule has 1 aliphatic rings. The van der Waals surface area contributed by atoms with Gasteiger partial charge in [-0.3, -0.25) is 4.79 Å². The maximum absolute atomic E-state index is 12.4. The Bertz CT molecular complexity index is 310. The molecule has 0 aromatic heterocycles. The number of carbonyl (C=O) groups is 1. The third kappa shape index (κ3) is 5.04. The molecular formula is C15H30N2O3. The number of aliphatic hydroxyl groups is 1. The summed E-state index contributed by atoms with van der Waals surface area (Å²) in [6.45, 7) is 8.38. The fourth-order valence-corrected chi connectivity index (χ4v) is 2.56.